The van der Waals surface area contributed by atoms with Gasteiger partial charge in [0.15, 0.2) is 0 Å². The van der Waals surface area contributed by atoms with Crippen molar-refractivity contribution in [3.05, 3.63) is 59.4 Å². The van der Waals surface area contributed by atoms with E-state index in [0.717, 1.165) is 10.9 Å². The molecule has 104 valence electrons. The molecule has 0 spiro atoms. The second kappa shape index (κ2) is 5.38. The van der Waals surface area contributed by atoms with Crippen LogP contribution in [0.1, 0.15) is 10.4 Å². The summed E-state index contributed by atoms with van der Waals surface area (Å²) in [6, 6.07) is 10.8. The average molecular weight is 299 g/mol. The van der Waals surface area contributed by atoms with Crippen molar-refractivity contribution in [2.45, 2.75) is 0 Å². The molecule has 21 heavy (non-hydrogen) atoms. The lowest BCUT2D eigenvalue weighted by atomic mass is 10.2. The molecule has 0 unspecified atom stereocenters. The lowest BCUT2D eigenvalue weighted by Crippen LogP contribution is -2.12. The number of carbonyl (C=O) groups excluding carboxylic acids is 1. The van der Waals surface area contributed by atoms with E-state index in [1.54, 1.807) is 12.3 Å². The zero-order chi connectivity index (χ0) is 14.8. The highest BCUT2D eigenvalue weighted by atomic mass is 35.5. The number of halogens is 1. The first-order valence-corrected chi connectivity index (χ1v) is 6.58. The third-order valence-corrected chi connectivity index (χ3v) is 3.30. The van der Waals surface area contributed by atoms with Crippen molar-refractivity contribution in [2.24, 2.45) is 0 Å². The first-order chi connectivity index (χ1) is 10.1. The average Bonchev–Trinajstić information content (AvgIpc) is 2.50. The Morgan fingerprint density at radius 3 is 2.86 bits per heavy atom. The van der Waals surface area contributed by atoms with E-state index in [-0.39, 0.29) is 16.7 Å². The lowest BCUT2D eigenvalue weighted by Gasteiger charge is -2.07. The maximum atomic E-state index is 12.1. The van der Waals surface area contributed by atoms with Crippen LogP contribution in [0.4, 0.5) is 11.5 Å². The quantitative estimate of drug-likeness (QED) is 0.761. The predicted molar refractivity (Wildman–Crippen MR) is 83.4 cm³/mol. The summed E-state index contributed by atoms with van der Waals surface area (Å²) in [6.45, 7) is 0. The minimum Gasteiger partial charge on any atom is -0.382 e. The van der Waals surface area contributed by atoms with E-state index in [2.05, 4.69) is 15.3 Å². The van der Waals surface area contributed by atoms with Crippen molar-refractivity contribution >= 4 is 39.9 Å². The van der Waals surface area contributed by atoms with Gasteiger partial charge in [0.05, 0.1) is 16.1 Å². The van der Waals surface area contributed by atoms with Gasteiger partial charge in [-0.3, -0.25) is 9.78 Å². The van der Waals surface area contributed by atoms with Crippen LogP contribution in [0.15, 0.2) is 48.8 Å². The van der Waals surface area contributed by atoms with Crippen molar-refractivity contribution in [3.8, 4) is 0 Å². The monoisotopic (exact) mass is 298 g/mol. The highest BCUT2D eigenvalue weighted by Gasteiger charge is 2.09. The number of amides is 1. The lowest BCUT2D eigenvalue weighted by molar-refractivity contribution is 0.102. The summed E-state index contributed by atoms with van der Waals surface area (Å²) in [4.78, 5) is 20.2. The van der Waals surface area contributed by atoms with E-state index in [4.69, 9.17) is 17.3 Å². The van der Waals surface area contributed by atoms with Crippen LogP contribution in [0.5, 0.6) is 0 Å². The Bertz CT molecular complexity index is 835. The molecule has 0 aliphatic rings. The van der Waals surface area contributed by atoms with Gasteiger partial charge in [-0.1, -0.05) is 17.7 Å². The highest BCUT2D eigenvalue weighted by molar-refractivity contribution is 6.33. The summed E-state index contributed by atoms with van der Waals surface area (Å²) in [5.41, 5.74) is 7.41. The van der Waals surface area contributed by atoms with Crippen molar-refractivity contribution < 1.29 is 4.79 Å². The number of nitrogen functional groups attached to an aromatic ring is 1. The number of aromatic nitrogens is 2. The Labute approximate surface area is 125 Å². The zero-order valence-corrected chi connectivity index (χ0v) is 11.6. The molecule has 1 aromatic carbocycles. The number of nitrogens with two attached hydrogens (primary N) is 1. The van der Waals surface area contributed by atoms with E-state index < -0.39 is 0 Å². The van der Waals surface area contributed by atoms with Gasteiger partial charge in [-0.25, -0.2) is 4.98 Å². The number of fused-ring (bicyclic) bond motifs is 1. The number of nitrogens with zero attached hydrogens (tertiary/aromatic N) is 2. The highest BCUT2D eigenvalue weighted by Crippen LogP contribution is 2.20. The molecule has 3 aromatic rings. The molecule has 0 radical (unpaired) electrons. The maximum absolute atomic E-state index is 12.1. The van der Waals surface area contributed by atoms with Gasteiger partial charge in [0, 0.05) is 23.5 Å². The van der Waals surface area contributed by atoms with Gasteiger partial charge in [0.2, 0.25) is 0 Å². The number of anilines is 2. The van der Waals surface area contributed by atoms with Crippen LogP contribution in [0.3, 0.4) is 0 Å². The number of hydrogen-bond acceptors (Lipinski definition) is 4. The molecule has 2 aromatic heterocycles. The fourth-order valence-corrected chi connectivity index (χ4v) is 2.10. The van der Waals surface area contributed by atoms with Crippen LogP contribution in [0, 0.1) is 0 Å². The van der Waals surface area contributed by atoms with E-state index in [9.17, 15) is 4.79 Å². The largest absolute Gasteiger partial charge is 0.382 e. The molecular formula is C15H11ClN4O. The minimum atomic E-state index is -0.298. The Kier molecular flexibility index (Phi) is 3.41. The number of rotatable bonds is 2. The standard InChI is InChI=1S/C15H11ClN4O/c16-12-7-10(8-19-14(12)17)15(21)20-11-3-4-13-9(6-11)2-1-5-18-13/h1-8H,(H2,17,19)(H,20,21). The summed E-state index contributed by atoms with van der Waals surface area (Å²) < 4.78 is 0. The Morgan fingerprint density at radius 2 is 2.05 bits per heavy atom. The summed E-state index contributed by atoms with van der Waals surface area (Å²) in [7, 11) is 0. The molecule has 3 N–H and O–H groups in total. The molecule has 0 saturated carbocycles. The fraction of sp³-hybridized carbons (Fsp3) is 0. The molecular weight excluding hydrogens is 288 g/mol. The van der Waals surface area contributed by atoms with Gasteiger partial charge in [-0.2, -0.15) is 0 Å². The van der Waals surface area contributed by atoms with Gasteiger partial charge in [0.25, 0.3) is 5.91 Å². The first kappa shape index (κ1) is 13.3. The Hall–Kier alpha value is -2.66. The van der Waals surface area contributed by atoms with E-state index >= 15 is 0 Å². The van der Waals surface area contributed by atoms with Gasteiger partial charge in [0.1, 0.15) is 5.82 Å². The molecule has 5 nitrogen and oxygen atoms in total. The van der Waals surface area contributed by atoms with Crippen molar-refractivity contribution in [1.29, 1.82) is 0 Å². The summed E-state index contributed by atoms with van der Waals surface area (Å²) in [6.07, 6.45) is 3.11. The molecule has 6 heteroatoms. The van der Waals surface area contributed by atoms with Crippen LogP contribution in [0.25, 0.3) is 10.9 Å². The van der Waals surface area contributed by atoms with Crippen LogP contribution in [-0.4, -0.2) is 15.9 Å². The molecule has 1 amide bonds. The SMILES string of the molecule is Nc1ncc(C(=O)Nc2ccc3ncccc3c2)cc1Cl. The second-order valence-corrected chi connectivity index (χ2v) is 4.86. The Balaban J connectivity index is 1.87. The van der Waals surface area contributed by atoms with Gasteiger partial charge in [-0.05, 0) is 30.3 Å². The molecule has 2 heterocycles. The number of pyridine rings is 2. The minimum absolute atomic E-state index is 0.199. The number of benzene rings is 1. The van der Waals surface area contributed by atoms with E-state index in [1.807, 2.05) is 24.3 Å². The van der Waals surface area contributed by atoms with Gasteiger partial charge < -0.3 is 11.1 Å². The predicted octanol–water partition coefficient (Wildman–Crippen LogP) is 3.12. The molecule has 0 fully saturated rings. The van der Waals surface area contributed by atoms with Gasteiger partial charge in [-0.15, -0.1) is 0 Å². The third-order valence-electron chi connectivity index (χ3n) is 2.99. The van der Waals surface area contributed by atoms with Crippen LogP contribution >= 0.6 is 11.6 Å². The molecule has 3 rings (SSSR count). The number of hydrogen-bond donors (Lipinski definition) is 2. The van der Waals surface area contributed by atoms with Crippen molar-refractivity contribution in [1.82, 2.24) is 9.97 Å². The van der Waals surface area contributed by atoms with Crippen molar-refractivity contribution in [2.75, 3.05) is 11.1 Å². The number of nitrogens with one attached hydrogen (secondary N) is 1. The summed E-state index contributed by atoms with van der Waals surface area (Å²) in [5, 5.41) is 3.99. The fourth-order valence-electron chi connectivity index (χ4n) is 1.93. The molecule has 0 saturated heterocycles. The van der Waals surface area contributed by atoms with Gasteiger partial charge >= 0.3 is 0 Å². The summed E-state index contributed by atoms with van der Waals surface area (Å²) >= 11 is 5.86. The Morgan fingerprint density at radius 1 is 1.19 bits per heavy atom. The van der Waals surface area contributed by atoms with E-state index in [0.29, 0.717) is 11.3 Å². The normalized spacial score (nSPS) is 10.5. The summed E-state index contributed by atoms with van der Waals surface area (Å²) in [5.74, 6) is -0.0994. The van der Waals surface area contributed by atoms with E-state index in [1.165, 1.54) is 12.3 Å². The smallest absolute Gasteiger partial charge is 0.257 e. The van der Waals surface area contributed by atoms with Crippen LogP contribution in [0.2, 0.25) is 5.02 Å². The molecule has 0 aliphatic heterocycles. The van der Waals surface area contributed by atoms with Crippen molar-refractivity contribution in [3.63, 3.8) is 0 Å². The maximum Gasteiger partial charge on any atom is 0.257 e. The molecule has 0 atom stereocenters. The van der Waals surface area contributed by atoms with Crippen LogP contribution in [-0.2, 0) is 0 Å². The molecule has 0 bridgehead atoms. The topological polar surface area (TPSA) is 80.9 Å². The zero-order valence-electron chi connectivity index (χ0n) is 10.9. The number of carbonyl (C=O) groups is 1. The first-order valence-electron chi connectivity index (χ1n) is 6.20. The molecule has 0 aliphatic carbocycles. The second-order valence-electron chi connectivity index (χ2n) is 4.46. The van der Waals surface area contributed by atoms with Crippen LogP contribution < -0.4 is 11.1 Å². The third kappa shape index (κ3) is 2.78.